The van der Waals surface area contributed by atoms with Crippen LogP contribution in [0.2, 0.25) is 0 Å². The third-order valence-corrected chi connectivity index (χ3v) is 6.31. The number of aliphatic carboxylic acids is 1. The smallest absolute Gasteiger partial charge is 0.305 e. The van der Waals surface area contributed by atoms with E-state index < -0.39 is 12.0 Å². The van der Waals surface area contributed by atoms with E-state index in [1.807, 2.05) is 33.3 Å². The van der Waals surface area contributed by atoms with Crippen LogP contribution in [0.25, 0.3) is 0 Å². The number of nitrogens with one attached hydrogen (secondary N) is 1. The van der Waals surface area contributed by atoms with Crippen LogP contribution in [0.5, 0.6) is 0 Å². The summed E-state index contributed by atoms with van der Waals surface area (Å²) in [5.41, 5.74) is 2.71. The minimum Gasteiger partial charge on any atom is -0.481 e. The molecule has 0 aliphatic carbocycles. The van der Waals surface area contributed by atoms with E-state index in [4.69, 9.17) is 5.11 Å². The van der Waals surface area contributed by atoms with E-state index in [-0.39, 0.29) is 12.3 Å². The first-order valence-electron chi connectivity index (χ1n) is 11.2. The van der Waals surface area contributed by atoms with Gasteiger partial charge in [0.1, 0.15) is 0 Å². The topological polar surface area (TPSA) is 66.4 Å². The van der Waals surface area contributed by atoms with Gasteiger partial charge in [-0.1, -0.05) is 44.0 Å². The molecule has 2 rings (SSSR count). The summed E-state index contributed by atoms with van der Waals surface area (Å²) >= 11 is 1.49. The van der Waals surface area contributed by atoms with Crippen molar-refractivity contribution in [3.8, 4) is 0 Å². The number of hydrogen-bond donors (Lipinski definition) is 2. The number of nitrogens with zero attached hydrogens (tertiary/aromatic N) is 1. The van der Waals surface area contributed by atoms with Crippen molar-refractivity contribution in [2.75, 3.05) is 27.7 Å². The van der Waals surface area contributed by atoms with Crippen LogP contribution < -0.4 is 5.32 Å². The maximum atomic E-state index is 12.7. The number of carboxylic acid groups (broad SMARTS) is 1. The average Bonchev–Trinajstić information content (AvgIpc) is 3.15. The van der Waals surface area contributed by atoms with Crippen molar-refractivity contribution in [2.45, 2.75) is 57.9 Å². The Kier molecular flexibility index (Phi) is 9.72. The molecule has 0 fully saturated rings. The molecule has 0 saturated carbocycles. The van der Waals surface area contributed by atoms with Gasteiger partial charge in [0.05, 0.1) is 45.0 Å². The van der Waals surface area contributed by atoms with Crippen LogP contribution in [0, 0.1) is 0 Å². The summed E-state index contributed by atoms with van der Waals surface area (Å²) in [7, 11) is 5.96. The normalized spacial score (nSPS) is 12.5. The number of thiophene rings is 1. The number of amides is 1. The van der Waals surface area contributed by atoms with E-state index in [2.05, 4.69) is 36.5 Å². The molecule has 1 atom stereocenters. The number of carbonyl (C=O) groups is 2. The Morgan fingerprint density at radius 3 is 2.19 bits per heavy atom. The van der Waals surface area contributed by atoms with Gasteiger partial charge in [0.15, 0.2) is 0 Å². The predicted molar refractivity (Wildman–Crippen MR) is 128 cm³/mol. The number of quaternary nitrogens is 1. The van der Waals surface area contributed by atoms with E-state index in [1.165, 1.54) is 46.6 Å². The quantitative estimate of drug-likeness (QED) is 0.351. The van der Waals surface area contributed by atoms with Gasteiger partial charge >= 0.3 is 5.97 Å². The number of hydrogen-bond acceptors (Lipinski definition) is 3. The number of carboxylic acids is 1. The van der Waals surface area contributed by atoms with E-state index in [0.717, 1.165) is 19.3 Å². The standard InChI is InChI=1S/C25H36N2O3S/c1-5-6-7-8-19-9-11-20(12-10-19)13-14-22-15-16-23(31-22)25(30)26-21(17-24(28)29)18-27(2,3)4/h9-12,15-16,21H,5-8,13-14,17-18H2,1-4H3,(H-,26,28,29,30)/p+1. The Bertz CT molecular complexity index is 837. The number of carbonyl (C=O) groups excluding carboxylic acids is 1. The monoisotopic (exact) mass is 445 g/mol. The molecule has 1 aromatic carbocycles. The molecule has 0 aliphatic rings. The highest BCUT2D eigenvalue weighted by Crippen LogP contribution is 2.20. The number of aryl methyl sites for hydroxylation is 3. The van der Waals surface area contributed by atoms with Crippen LogP contribution >= 0.6 is 11.3 Å². The fraction of sp³-hybridized carbons (Fsp3) is 0.520. The molecule has 2 N–H and O–H groups in total. The molecule has 0 spiro atoms. The molecule has 2 aromatic rings. The predicted octanol–water partition coefficient (Wildman–Crippen LogP) is 4.55. The first kappa shape index (κ1) is 25.1. The molecule has 0 aliphatic heterocycles. The molecular weight excluding hydrogens is 408 g/mol. The zero-order chi connectivity index (χ0) is 22.9. The Morgan fingerprint density at radius 1 is 0.968 bits per heavy atom. The fourth-order valence-corrected chi connectivity index (χ4v) is 4.55. The van der Waals surface area contributed by atoms with Crippen LogP contribution in [-0.2, 0) is 24.1 Å². The van der Waals surface area contributed by atoms with Crippen LogP contribution in [0.15, 0.2) is 36.4 Å². The molecule has 1 aromatic heterocycles. The summed E-state index contributed by atoms with van der Waals surface area (Å²) in [6.45, 7) is 2.78. The summed E-state index contributed by atoms with van der Waals surface area (Å²) in [5.74, 6) is -1.09. The lowest BCUT2D eigenvalue weighted by Gasteiger charge is -2.29. The summed E-state index contributed by atoms with van der Waals surface area (Å²) in [6, 6.07) is 12.3. The molecule has 1 unspecified atom stereocenters. The van der Waals surface area contributed by atoms with Crippen molar-refractivity contribution in [1.82, 2.24) is 5.32 Å². The lowest BCUT2D eigenvalue weighted by molar-refractivity contribution is -0.871. The second kappa shape index (κ2) is 12.0. The van der Waals surface area contributed by atoms with Crippen molar-refractivity contribution < 1.29 is 19.2 Å². The second-order valence-electron chi connectivity index (χ2n) is 9.28. The Labute approximate surface area is 190 Å². The lowest BCUT2D eigenvalue weighted by Crippen LogP contribution is -2.49. The van der Waals surface area contributed by atoms with Crippen molar-refractivity contribution in [3.05, 3.63) is 57.3 Å². The third kappa shape index (κ3) is 9.66. The minimum absolute atomic E-state index is 0.0755. The lowest BCUT2D eigenvalue weighted by atomic mass is 10.0. The van der Waals surface area contributed by atoms with Crippen LogP contribution in [0.4, 0.5) is 0 Å². The second-order valence-corrected chi connectivity index (χ2v) is 10.4. The van der Waals surface area contributed by atoms with Crippen LogP contribution in [-0.4, -0.2) is 55.2 Å². The number of likely N-dealkylation sites (N-methyl/N-ethyl adjacent to an activating group) is 1. The maximum Gasteiger partial charge on any atom is 0.305 e. The van der Waals surface area contributed by atoms with E-state index in [0.29, 0.717) is 15.9 Å². The molecular formula is C25H37N2O3S+. The summed E-state index contributed by atoms with van der Waals surface area (Å²) < 4.78 is 0.589. The first-order valence-corrected chi connectivity index (χ1v) is 12.0. The molecule has 0 bridgehead atoms. The van der Waals surface area contributed by atoms with Gasteiger partial charge in [-0.2, -0.15) is 0 Å². The molecule has 0 saturated heterocycles. The van der Waals surface area contributed by atoms with E-state index in [9.17, 15) is 9.59 Å². The first-order chi connectivity index (χ1) is 14.7. The van der Waals surface area contributed by atoms with Gasteiger partial charge in [-0.3, -0.25) is 9.59 Å². The van der Waals surface area contributed by atoms with Crippen LogP contribution in [0.3, 0.4) is 0 Å². The fourth-order valence-electron chi connectivity index (χ4n) is 3.64. The molecule has 1 heterocycles. The number of unbranched alkanes of at least 4 members (excludes halogenated alkanes) is 2. The number of benzene rings is 1. The summed E-state index contributed by atoms with van der Waals surface area (Å²) in [5, 5.41) is 12.1. The Morgan fingerprint density at radius 2 is 1.61 bits per heavy atom. The maximum absolute atomic E-state index is 12.7. The van der Waals surface area contributed by atoms with E-state index in [1.54, 1.807) is 0 Å². The largest absolute Gasteiger partial charge is 0.481 e. The third-order valence-electron chi connectivity index (χ3n) is 5.16. The van der Waals surface area contributed by atoms with Crippen LogP contribution in [0.1, 0.15) is 58.3 Å². The van der Waals surface area contributed by atoms with Gasteiger partial charge in [-0.05, 0) is 48.9 Å². The SMILES string of the molecule is CCCCCc1ccc(CCc2ccc(C(=O)NC(CC(=O)O)C[N+](C)(C)C)s2)cc1. The molecule has 170 valence electrons. The molecule has 1 amide bonds. The van der Waals surface area contributed by atoms with Gasteiger partial charge in [0.2, 0.25) is 0 Å². The van der Waals surface area contributed by atoms with E-state index >= 15 is 0 Å². The van der Waals surface area contributed by atoms with Gasteiger partial charge < -0.3 is 14.9 Å². The molecule has 6 heteroatoms. The van der Waals surface area contributed by atoms with Gasteiger partial charge in [-0.15, -0.1) is 11.3 Å². The Hall–Kier alpha value is -2.18. The summed E-state index contributed by atoms with van der Waals surface area (Å²) in [4.78, 5) is 25.6. The van der Waals surface area contributed by atoms with Crippen molar-refractivity contribution in [2.24, 2.45) is 0 Å². The zero-order valence-electron chi connectivity index (χ0n) is 19.3. The average molecular weight is 446 g/mol. The highest BCUT2D eigenvalue weighted by molar-refractivity contribution is 7.14. The molecule has 31 heavy (non-hydrogen) atoms. The van der Waals surface area contributed by atoms with Crippen molar-refractivity contribution in [3.63, 3.8) is 0 Å². The van der Waals surface area contributed by atoms with Gasteiger partial charge in [0.25, 0.3) is 5.91 Å². The molecule has 5 nitrogen and oxygen atoms in total. The summed E-state index contributed by atoms with van der Waals surface area (Å²) in [6.07, 6.45) is 6.68. The molecule has 0 radical (unpaired) electrons. The number of rotatable bonds is 13. The van der Waals surface area contributed by atoms with Crippen molar-refractivity contribution in [1.29, 1.82) is 0 Å². The Balaban J connectivity index is 1.88. The minimum atomic E-state index is -0.901. The van der Waals surface area contributed by atoms with Gasteiger partial charge in [-0.25, -0.2) is 0 Å². The highest BCUT2D eigenvalue weighted by Gasteiger charge is 2.24. The van der Waals surface area contributed by atoms with Gasteiger partial charge in [0, 0.05) is 4.88 Å². The highest BCUT2D eigenvalue weighted by atomic mass is 32.1. The van der Waals surface area contributed by atoms with Crippen molar-refractivity contribution >= 4 is 23.2 Å². The zero-order valence-corrected chi connectivity index (χ0v) is 20.1.